The Morgan fingerprint density at radius 3 is 2.72 bits per heavy atom. The van der Waals surface area contributed by atoms with Crippen LogP contribution in [0.15, 0.2) is 64.4 Å². The highest BCUT2D eigenvalue weighted by Gasteiger charge is 2.11. The van der Waals surface area contributed by atoms with E-state index in [1.807, 2.05) is 55.5 Å². The number of rotatable bonds is 6. The van der Waals surface area contributed by atoms with Gasteiger partial charge in [0.2, 0.25) is 0 Å². The van der Waals surface area contributed by atoms with Gasteiger partial charge >= 0.3 is 0 Å². The van der Waals surface area contributed by atoms with Crippen molar-refractivity contribution in [1.29, 1.82) is 0 Å². The molecule has 0 radical (unpaired) electrons. The minimum atomic E-state index is -0.179. The molecule has 0 spiro atoms. The average molecular weight is 407 g/mol. The molecule has 0 saturated heterocycles. The molecule has 0 bridgehead atoms. The number of fused-ring (bicyclic) bond motifs is 1. The second-order valence-electron chi connectivity index (χ2n) is 6.79. The summed E-state index contributed by atoms with van der Waals surface area (Å²) in [5, 5.41) is 2.92. The zero-order valence-electron chi connectivity index (χ0n) is 16.0. The van der Waals surface area contributed by atoms with Crippen molar-refractivity contribution in [3.8, 4) is 5.75 Å². The molecule has 0 aliphatic carbocycles. The number of amides is 1. The molecule has 0 fully saturated rings. The largest absolute Gasteiger partial charge is 0.484 e. The van der Waals surface area contributed by atoms with Crippen molar-refractivity contribution in [2.24, 2.45) is 4.99 Å². The van der Waals surface area contributed by atoms with Crippen LogP contribution in [0.1, 0.15) is 24.1 Å². The Morgan fingerprint density at radius 1 is 1.24 bits per heavy atom. The first-order valence-corrected chi connectivity index (χ1v) is 10.2. The Labute approximate surface area is 171 Å². The lowest BCUT2D eigenvalue weighted by atomic mass is 10.1. The van der Waals surface area contributed by atoms with E-state index in [0.717, 1.165) is 15.9 Å². The van der Waals surface area contributed by atoms with Gasteiger partial charge in [0.15, 0.2) is 11.4 Å². The summed E-state index contributed by atoms with van der Waals surface area (Å²) in [6.45, 7) is 3.23. The number of aromatic nitrogens is 1. The topological polar surface area (TPSA) is 72.7 Å². The van der Waals surface area contributed by atoms with E-state index in [1.54, 1.807) is 16.7 Å². The van der Waals surface area contributed by atoms with E-state index >= 15 is 0 Å². The third kappa shape index (κ3) is 4.46. The van der Waals surface area contributed by atoms with Crippen molar-refractivity contribution in [3.63, 3.8) is 0 Å². The van der Waals surface area contributed by atoms with Crippen molar-refractivity contribution in [2.75, 3.05) is 13.2 Å². The highest BCUT2D eigenvalue weighted by molar-refractivity contribution is 7.07. The first-order chi connectivity index (χ1) is 14.1. The van der Waals surface area contributed by atoms with Crippen LogP contribution in [0.2, 0.25) is 0 Å². The number of carbonyl (C=O) groups is 1. The lowest BCUT2D eigenvalue weighted by Gasteiger charge is -2.14. The molecule has 1 amide bonds. The van der Waals surface area contributed by atoms with Crippen LogP contribution in [0, 0.1) is 0 Å². The third-order valence-electron chi connectivity index (χ3n) is 4.68. The Morgan fingerprint density at radius 2 is 2.00 bits per heavy atom. The van der Waals surface area contributed by atoms with Crippen LogP contribution < -0.4 is 24.9 Å². The molecular weight excluding hydrogens is 386 g/mol. The monoisotopic (exact) mass is 407 g/mol. The fraction of sp³-hybridized carbons (Fsp3) is 0.227. The third-order valence-corrected chi connectivity index (χ3v) is 5.73. The highest BCUT2D eigenvalue weighted by Crippen LogP contribution is 2.14. The summed E-state index contributed by atoms with van der Waals surface area (Å²) >= 11 is 1.41. The summed E-state index contributed by atoms with van der Waals surface area (Å²) in [6, 6.07) is 17.0. The average Bonchev–Trinajstić information content (AvgIpc) is 3.31. The summed E-state index contributed by atoms with van der Waals surface area (Å²) in [7, 11) is 0. The molecule has 0 saturated carbocycles. The predicted octanol–water partition coefficient (Wildman–Crippen LogP) is 1.63. The molecule has 6 nitrogen and oxygen atoms in total. The first kappa shape index (κ1) is 19.1. The first-order valence-electron chi connectivity index (χ1n) is 9.43. The molecule has 4 rings (SSSR count). The minimum absolute atomic E-state index is 0.00998. The number of carbonyl (C=O) groups excluding carboxylic acids is 1. The van der Waals surface area contributed by atoms with Crippen molar-refractivity contribution in [1.82, 2.24) is 9.88 Å². The van der Waals surface area contributed by atoms with Crippen LogP contribution in [0.3, 0.4) is 0 Å². The van der Waals surface area contributed by atoms with Gasteiger partial charge in [-0.05, 0) is 36.3 Å². The van der Waals surface area contributed by atoms with E-state index in [0.29, 0.717) is 23.4 Å². The molecule has 1 aliphatic rings. The van der Waals surface area contributed by atoms with E-state index in [9.17, 15) is 9.59 Å². The maximum absolute atomic E-state index is 12.3. The Hall–Kier alpha value is -3.19. The molecule has 3 aromatic rings. The van der Waals surface area contributed by atoms with Gasteiger partial charge in [0, 0.05) is 6.54 Å². The highest BCUT2D eigenvalue weighted by atomic mass is 32.1. The number of benzene rings is 2. The zero-order valence-corrected chi connectivity index (χ0v) is 16.8. The second-order valence-corrected chi connectivity index (χ2v) is 7.80. The van der Waals surface area contributed by atoms with E-state index in [-0.39, 0.29) is 24.1 Å². The number of ether oxygens (including phenoxy) is 1. The fourth-order valence-corrected chi connectivity index (χ4v) is 4.17. The summed E-state index contributed by atoms with van der Waals surface area (Å²) in [5.74, 6) is 0.423. The van der Waals surface area contributed by atoms with Crippen LogP contribution in [-0.2, 0) is 11.3 Å². The normalized spacial score (nSPS) is 14.2. The maximum atomic E-state index is 12.3. The second kappa shape index (κ2) is 8.45. The predicted molar refractivity (Wildman–Crippen MR) is 113 cm³/mol. The van der Waals surface area contributed by atoms with E-state index < -0.39 is 0 Å². The molecule has 1 aliphatic heterocycles. The standard InChI is InChI=1S/C22H21N3O3S/c1-15(17-5-3-2-4-6-17)24-20(26)14-28-18-9-7-16(8-10-18)13-19-21(27)25-12-11-23-22(25)29-19/h2-10,13,15H,11-12,14H2,1H3,(H,24,26)/b19-13+/t15-/m1/s1. The Kier molecular flexibility index (Phi) is 5.57. The SMILES string of the molecule is C[C@@H](NC(=O)COc1ccc(/C=c2/sc3n(c2=O)CCN=3)cc1)c1ccccc1. The summed E-state index contributed by atoms with van der Waals surface area (Å²) < 4.78 is 7.96. The zero-order chi connectivity index (χ0) is 20.2. The van der Waals surface area contributed by atoms with Gasteiger partial charge in [-0.15, -0.1) is 0 Å². The van der Waals surface area contributed by atoms with Crippen molar-refractivity contribution in [3.05, 3.63) is 85.4 Å². The van der Waals surface area contributed by atoms with Gasteiger partial charge in [-0.3, -0.25) is 19.1 Å². The summed E-state index contributed by atoms with van der Waals surface area (Å²) in [6.07, 6.45) is 1.85. The number of hydrogen-bond donors (Lipinski definition) is 1. The maximum Gasteiger partial charge on any atom is 0.270 e. The van der Waals surface area contributed by atoms with Crippen LogP contribution >= 0.6 is 11.3 Å². The van der Waals surface area contributed by atoms with Gasteiger partial charge in [-0.25, -0.2) is 0 Å². The van der Waals surface area contributed by atoms with Gasteiger partial charge in [0.05, 0.1) is 17.1 Å². The quantitative estimate of drug-likeness (QED) is 0.675. The fourth-order valence-electron chi connectivity index (χ4n) is 3.14. The Balaban J connectivity index is 1.36. The molecular formula is C22H21N3O3S. The summed E-state index contributed by atoms with van der Waals surface area (Å²) in [5.41, 5.74) is 1.96. The van der Waals surface area contributed by atoms with E-state index in [2.05, 4.69) is 10.3 Å². The van der Waals surface area contributed by atoms with Gasteiger partial charge in [-0.2, -0.15) is 0 Å². The lowest BCUT2D eigenvalue weighted by molar-refractivity contribution is -0.123. The van der Waals surface area contributed by atoms with Gasteiger partial charge < -0.3 is 10.1 Å². The van der Waals surface area contributed by atoms with Gasteiger partial charge in [-0.1, -0.05) is 53.8 Å². The molecule has 2 heterocycles. The van der Waals surface area contributed by atoms with Crippen LogP contribution in [0.5, 0.6) is 5.75 Å². The summed E-state index contributed by atoms with van der Waals surface area (Å²) in [4.78, 5) is 29.5. The smallest absolute Gasteiger partial charge is 0.270 e. The number of nitrogens with zero attached hydrogens (tertiary/aromatic N) is 2. The number of hydrogen-bond acceptors (Lipinski definition) is 5. The van der Waals surface area contributed by atoms with Crippen LogP contribution in [-0.4, -0.2) is 23.6 Å². The molecule has 1 atom stereocenters. The molecule has 29 heavy (non-hydrogen) atoms. The molecule has 1 aromatic heterocycles. The van der Waals surface area contributed by atoms with Crippen molar-refractivity contribution < 1.29 is 9.53 Å². The number of thiazole rings is 1. The van der Waals surface area contributed by atoms with Gasteiger partial charge in [0.1, 0.15) is 5.75 Å². The van der Waals surface area contributed by atoms with E-state index in [4.69, 9.17) is 4.74 Å². The van der Waals surface area contributed by atoms with Gasteiger partial charge in [0.25, 0.3) is 11.5 Å². The molecule has 1 N–H and O–H groups in total. The molecule has 0 unspecified atom stereocenters. The Bertz CT molecular complexity index is 1180. The van der Waals surface area contributed by atoms with Crippen molar-refractivity contribution >= 4 is 23.3 Å². The lowest BCUT2D eigenvalue weighted by Crippen LogP contribution is -2.31. The molecule has 7 heteroatoms. The number of nitrogens with one attached hydrogen (secondary N) is 1. The molecule has 148 valence electrons. The van der Waals surface area contributed by atoms with Crippen molar-refractivity contribution in [2.45, 2.75) is 19.5 Å². The molecule has 2 aromatic carbocycles. The van der Waals surface area contributed by atoms with Crippen LogP contribution in [0.25, 0.3) is 6.08 Å². The van der Waals surface area contributed by atoms with Crippen LogP contribution in [0.4, 0.5) is 0 Å². The van der Waals surface area contributed by atoms with E-state index in [1.165, 1.54) is 11.3 Å². The minimum Gasteiger partial charge on any atom is -0.484 e.